The number of rotatable bonds is 3. The van der Waals surface area contributed by atoms with Crippen LogP contribution < -0.4 is 5.32 Å². The van der Waals surface area contributed by atoms with E-state index < -0.39 is 5.82 Å². The Labute approximate surface area is 141 Å². The summed E-state index contributed by atoms with van der Waals surface area (Å²) in [5.41, 5.74) is 1.59. The normalized spacial score (nSPS) is 11.0. The second kappa shape index (κ2) is 5.83. The molecule has 7 heteroatoms. The summed E-state index contributed by atoms with van der Waals surface area (Å²) in [6.45, 7) is 1.32. The minimum atomic E-state index is -0.574. The number of aromatic nitrogens is 2. The molecule has 2 aromatic carbocycles. The fraction of sp³-hybridized carbons (Fsp3) is 0.125. The van der Waals surface area contributed by atoms with Crippen LogP contribution in [-0.4, -0.2) is 15.3 Å². The van der Waals surface area contributed by atoms with Crippen molar-refractivity contribution in [1.29, 1.82) is 0 Å². The maximum atomic E-state index is 14.0. The van der Waals surface area contributed by atoms with Crippen molar-refractivity contribution in [2.24, 2.45) is 7.05 Å². The Morgan fingerprint density at radius 3 is 2.52 bits per heavy atom. The first-order valence-corrected chi connectivity index (χ1v) is 7.52. The summed E-state index contributed by atoms with van der Waals surface area (Å²) in [6, 6.07) is 7.86. The minimum Gasteiger partial charge on any atom is -0.323 e. The molecule has 3 aromatic rings. The average molecular weight is 352 g/mol. The SMILES string of the molecule is CC(=O)c1cc2nc(Nc3c(Cl)cccc3Cl)n(C)c2cc1F. The predicted octanol–water partition coefficient (Wildman–Crippen LogP) is 4.97. The molecule has 1 aromatic heterocycles. The molecule has 0 amide bonds. The number of carbonyl (C=O) groups excluding carboxylic acids is 1. The molecule has 1 heterocycles. The van der Waals surface area contributed by atoms with Gasteiger partial charge in [0.15, 0.2) is 5.78 Å². The number of benzene rings is 2. The number of para-hydroxylation sites is 1. The van der Waals surface area contributed by atoms with Crippen LogP contribution in [0.25, 0.3) is 11.0 Å². The predicted molar refractivity (Wildman–Crippen MR) is 90.4 cm³/mol. The van der Waals surface area contributed by atoms with Gasteiger partial charge in [0.05, 0.1) is 32.3 Å². The number of nitrogens with one attached hydrogen (secondary N) is 1. The van der Waals surface area contributed by atoms with Crippen LogP contribution in [0.5, 0.6) is 0 Å². The standard InChI is InChI=1S/C16H12Cl2FN3O/c1-8(23)9-6-13-14(7-12(9)19)22(2)16(20-13)21-15-10(17)4-3-5-11(15)18/h3-7H,1-2H3,(H,20,21). The molecule has 1 N–H and O–H groups in total. The van der Waals surface area contributed by atoms with Gasteiger partial charge in [-0.15, -0.1) is 0 Å². The zero-order chi connectivity index (χ0) is 16.7. The lowest BCUT2D eigenvalue weighted by Crippen LogP contribution is -2.00. The highest BCUT2D eigenvalue weighted by atomic mass is 35.5. The molecule has 3 rings (SSSR count). The highest BCUT2D eigenvalue weighted by Gasteiger charge is 2.16. The molecule has 0 radical (unpaired) electrons. The summed E-state index contributed by atoms with van der Waals surface area (Å²) < 4.78 is 15.7. The molecule has 0 aliphatic rings. The number of fused-ring (bicyclic) bond motifs is 1. The fourth-order valence-electron chi connectivity index (χ4n) is 2.32. The van der Waals surface area contributed by atoms with Crippen molar-refractivity contribution in [2.45, 2.75) is 6.92 Å². The second-order valence-corrected chi connectivity index (χ2v) is 5.91. The topological polar surface area (TPSA) is 46.9 Å². The molecule has 23 heavy (non-hydrogen) atoms. The van der Waals surface area contributed by atoms with Crippen LogP contribution in [0.15, 0.2) is 30.3 Å². The molecule has 0 bridgehead atoms. The fourth-order valence-corrected chi connectivity index (χ4v) is 2.82. The molecule has 0 unspecified atom stereocenters. The molecule has 0 spiro atoms. The van der Waals surface area contributed by atoms with Gasteiger partial charge in [0, 0.05) is 13.1 Å². The lowest BCUT2D eigenvalue weighted by Gasteiger charge is -2.09. The zero-order valence-electron chi connectivity index (χ0n) is 12.3. The Balaban J connectivity index is 2.12. The van der Waals surface area contributed by atoms with Gasteiger partial charge >= 0.3 is 0 Å². The first kappa shape index (κ1) is 15.8. The minimum absolute atomic E-state index is 0.0120. The van der Waals surface area contributed by atoms with Crippen LogP contribution in [0.3, 0.4) is 0 Å². The van der Waals surface area contributed by atoms with Crippen LogP contribution >= 0.6 is 23.2 Å². The van der Waals surface area contributed by atoms with Crippen molar-refractivity contribution in [2.75, 3.05) is 5.32 Å². The van der Waals surface area contributed by atoms with Gasteiger partial charge in [0.25, 0.3) is 0 Å². The van der Waals surface area contributed by atoms with E-state index in [9.17, 15) is 9.18 Å². The molecular weight excluding hydrogens is 340 g/mol. The van der Waals surface area contributed by atoms with Crippen LogP contribution in [-0.2, 0) is 7.05 Å². The molecule has 0 atom stereocenters. The van der Waals surface area contributed by atoms with Crippen LogP contribution in [0, 0.1) is 5.82 Å². The van der Waals surface area contributed by atoms with Crippen molar-refractivity contribution >= 4 is 51.7 Å². The summed E-state index contributed by atoms with van der Waals surface area (Å²) >= 11 is 12.3. The van der Waals surface area contributed by atoms with Crippen molar-refractivity contribution in [1.82, 2.24) is 9.55 Å². The third kappa shape index (κ3) is 2.78. The van der Waals surface area contributed by atoms with Gasteiger partial charge in [-0.3, -0.25) is 4.79 Å². The number of hydrogen-bond acceptors (Lipinski definition) is 3. The van der Waals surface area contributed by atoms with E-state index in [4.69, 9.17) is 23.2 Å². The maximum Gasteiger partial charge on any atom is 0.208 e. The second-order valence-electron chi connectivity index (χ2n) is 5.09. The van der Waals surface area contributed by atoms with Crippen molar-refractivity contribution in [3.05, 3.63) is 51.8 Å². The Hall–Kier alpha value is -2.11. The number of hydrogen-bond donors (Lipinski definition) is 1. The number of aryl methyl sites for hydroxylation is 1. The number of Topliss-reactive ketones (excluding diaryl/α,β-unsaturated/α-hetero) is 1. The lowest BCUT2D eigenvalue weighted by molar-refractivity contribution is 0.101. The van der Waals surface area contributed by atoms with Gasteiger partial charge in [-0.25, -0.2) is 9.37 Å². The largest absolute Gasteiger partial charge is 0.323 e. The summed E-state index contributed by atoms with van der Waals surface area (Å²) in [5.74, 6) is -0.482. The Morgan fingerprint density at radius 1 is 1.26 bits per heavy atom. The first-order valence-electron chi connectivity index (χ1n) is 6.76. The van der Waals surface area contributed by atoms with E-state index in [1.54, 1.807) is 29.8 Å². The highest BCUT2D eigenvalue weighted by Crippen LogP contribution is 2.33. The Kier molecular flexibility index (Phi) is 4.00. The molecule has 0 saturated carbocycles. The molecule has 118 valence electrons. The first-order chi connectivity index (χ1) is 10.9. The smallest absolute Gasteiger partial charge is 0.208 e. The number of anilines is 2. The zero-order valence-corrected chi connectivity index (χ0v) is 13.8. The van der Waals surface area contributed by atoms with Crippen LogP contribution in [0.1, 0.15) is 17.3 Å². The average Bonchev–Trinajstić information content (AvgIpc) is 2.78. The van der Waals surface area contributed by atoms with E-state index >= 15 is 0 Å². The van der Waals surface area contributed by atoms with Gasteiger partial charge in [-0.05, 0) is 25.1 Å². The third-order valence-corrected chi connectivity index (χ3v) is 4.18. The quantitative estimate of drug-likeness (QED) is 0.678. The van der Waals surface area contributed by atoms with Crippen molar-refractivity contribution in [3.8, 4) is 0 Å². The number of carbonyl (C=O) groups is 1. The molecule has 0 aliphatic carbocycles. The molecule has 0 saturated heterocycles. The summed E-state index contributed by atoms with van der Waals surface area (Å²) in [6.07, 6.45) is 0. The van der Waals surface area contributed by atoms with E-state index in [1.807, 2.05) is 0 Å². The Morgan fingerprint density at radius 2 is 1.91 bits per heavy atom. The van der Waals surface area contributed by atoms with Gasteiger partial charge in [0.1, 0.15) is 5.82 Å². The lowest BCUT2D eigenvalue weighted by atomic mass is 10.1. The van der Waals surface area contributed by atoms with E-state index in [2.05, 4.69) is 10.3 Å². The van der Waals surface area contributed by atoms with Crippen molar-refractivity contribution < 1.29 is 9.18 Å². The molecule has 0 fully saturated rings. The van der Waals surface area contributed by atoms with E-state index in [0.29, 0.717) is 32.7 Å². The number of imidazole rings is 1. The number of ketones is 1. The van der Waals surface area contributed by atoms with Gasteiger partial charge in [-0.2, -0.15) is 0 Å². The molecular formula is C16H12Cl2FN3O. The van der Waals surface area contributed by atoms with Crippen molar-refractivity contribution in [3.63, 3.8) is 0 Å². The molecule has 4 nitrogen and oxygen atoms in total. The Bertz CT molecular complexity index is 916. The van der Waals surface area contributed by atoms with Gasteiger partial charge in [0.2, 0.25) is 5.95 Å². The van der Waals surface area contributed by atoms with Crippen LogP contribution in [0.4, 0.5) is 16.0 Å². The van der Waals surface area contributed by atoms with Crippen LogP contribution in [0.2, 0.25) is 10.0 Å². The monoisotopic (exact) mass is 351 g/mol. The highest BCUT2D eigenvalue weighted by molar-refractivity contribution is 6.39. The third-order valence-electron chi connectivity index (χ3n) is 3.55. The number of nitrogens with zero attached hydrogens (tertiary/aromatic N) is 2. The van der Waals surface area contributed by atoms with E-state index in [0.717, 1.165) is 0 Å². The summed E-state index contributed by atoms with van der Waals surface area (Å²) in [5, 5.41) is 3.94. The maximum absolute atomic E-state index is 14.0. The van der Waals surface area contributed by atoms with E-state index in [-0.39, 0.29) is 11.3 Å². The van der Waals surface area contributed by atoms with Gasteiger partial charge in [-0.1, -0.05) is 29.3 Å². The number of halogens is 3. The molecule has 0 aliphatic heterocycles. The van der Waals surface area contributed by atoms with Gasteiger partial charge < -0.3 is 9.88 Å². The summed E-state index contributed by atoms with van der Waals surface area (Å²) in [7, 11) is 1.73. The van der Waals surface area contributed by atoms with E-state index in [1.165, 1.54) is 19.1 Å². The summed E-state index contributed by atoms with van der Waals surface area (Å²) in [4.78, 5) is 15.8.